The van der Waals surface area contributed by atoms with Crippen LogP contribution in [0.1, 0.15) is 29.8 Å². The van der Waals surface area contributed by atoms with E-state index in [1.807, 2.05) is 43.7 Å². The first-order valence-corrected chi connectivity index (χ1v) is 11.1. The Morgan fingerprint density at radius 1 is 0.879 bits per heavy atom. The summed E-state index contributed by atoms with van der Waals surface area (Å²) in [7, 11) is 1.78. The number of hydrogen-bond donors (Lipinski definition) is 0. The summed E-state index contributed by atoms with van der Waals surface area (Å²) in [5, 5.41) is 0. The number of benzene rings is 1. The lowest BCUT2D eigenvalue weighted by Crippen LogP contribution is -2.18. The highest BCUT2D eigenvalue weighted by molar-refractivity contribution is 5.95. The number of fused-ring (bicyclic) bond motifs is 1. The van der Waals surface area contributed by atoms with Crippen molar-refractivity contribution in [3.05, 3.63) is 107 Å². The molecule has 0 saturated carbocycles. The Hall–Kier alpha value is -3.99. The van der Waals surface area contributed by atoms with Gasteiger partial charge >= 0.3 is 0 Å². The second-order valence-electron chi connectivity index (χ2n) is 8.67. The summed E-state index contributed by atoms with van der Waals surface area (Å²) in [6.07, 6.45) is 7.77. The van der Waals surface area contributed by atoms with E-state index in [4.69, 9.17) is 4.98 Å². The van der Waals surface area contributed by atoms with E-state index in [1.165, 1.54) is 5.56 Å². The first-order valence-electron chi connectivity index (χ1n) is 11.1. The highest BCUT2D eigenvalue weighted by Crippen LogP contribution is 2.35. The van der Waals surface area contributed by atoms with Crippen molar-refractivity contribution in [2.75, 3.05) is 0 Å². The SMILES string of the molecule is Cc1ccc(-c2cn(C(C)c3ccccn3)c3cc(-c4cc(C)c(=O)n(C)c4)cnc23)cc1. The van der Waals surface area contributed by atoms with Gasteiger partial charge in [0.2, 0.25) is 0 Å². The van der Waals surface area contributed by atoms with E-state index in [1.54, 1.807) is 11.6 Å². The van der Waals surface area contributed by atoms with Crippen LogP contribution in [0.25, 0.3) is 33.3 Å². The van der Waals surface area contributed by atoms with Gasteiger partial charge in [0.05, 0.1) is 22.8 Å². The van der Waals surface area contributed by atoms with Crippen LogP contribution in [0.4, 0.5) is 0 Å². The van der Waals surface area contributed by atoms with E-state index in [2.05, 4.69) is 66.0 Å². The molecule has 0 saturated heterocycles. The quantitative estimate of drug-likeness (QED) is 0.365. The van der Waals surface area contributed by atoms with E-state index in [9.17, 15) is 4.79 Å². The van der Waals surface area contributed by atoms with Gasteiger partial charge in [-0.3, -0.25) is 14.8 Å². The molecule has 5 rings (SSSR count). The molecule has 0 amide bonds. The molecule has 5 heteroatoms. The number of rotatable bonds is 4. The smallest absolute Gasteiger partial charge is 0.253 e. The second kappa shape index (κ2) is 8.17. The molecule has 0 aliphatic carbocycles. The van der Waals surface area contributed by atoms with Gasteiger partial charge in [-0.1, -0.05) is 35.9 Å². The Morgan fingerprint density at radius 3 is 2.36 bits per heavy atom. The van der Waals surface area contributed by atoms with Gasteiger partial charge in [-0.2, -0.15) is 0 Å². The molecular weight excluding hydrogens is 408 g/mol. The van der Waals surface area contributed by atoms with Crippen LogP contribution in [0.2, 0.25) is 0 Å². The van der Waals surface area contributed by atoms with Gasteiger partial charge in [0.25, 0.3) is 5.56 Å². The molecule has 0 aliphatic heterocycles. The maximum atomic E-state index is 12.2. The average Bonchev–Trinajstić information content (AvgIpc) is 3.21. The van der Waals surface area contributed by atoms with Crippen LogP contribution in [0.15, 0.2) is 84.2 Å². The number of aromatic nitrogens is 4. The van der Waals surface area contributed by atoms with Crippen LogP contribution in [0.3, 0.4) is 0 Å². The van der Waals surface area contributed by atoms with Gasteiger partial charge in [0, 0.05) is 54.1 Å². The number of aryl methyl sites for hydroxylation is 3. The fourth-order valence-electron chi connectivity index (χ4n) is 4.35. The van der Waals surface area contributed by atoms with Gasteiger partial charge in [-0.15, -0.1) is 0 Å². The van der Waals surface area contributed by atoms with Crippen LogP contribution >= 0.6 is 0 Å². The second-order valence-corrected chi connectivity index (χ2v) is 8.67. The Bertz CT molecular complexity index is 1490. The summed E-state index contributed by atoms with van der Waals surface area (Å²) < 4.78 is 3.88. The van der Waals surface area contributed by atoms with Crippen molar-refractivity contribution in [1.82, 2.24) is 19.1 Å². The fourth-order valence-corrected chi connectivity index (χ4v) is 4.35. The highest BCUT2D eigenvalue weighted by Gasteiger charge is 2.18. The predicted molar refractivity (Wildman–Crippen MR) is 133 cm³/mol. The Labute approximate surface area is 193 Å². The van der Waals surface area contributed by atoms with Crippen LogP contribution in [-0.4, -0.2) is 19.1 Å². The minimum Gasteiger partial charge on any atom is -0.337 e. The minimum absolute atomic E-state index is 0.0154. The van der Waals surface area contributed by atoms with Crippen molar-refractivity contribution >= 4 is 11.0 Å². The highest BCUT2D eigenvalue weighted by atomic mass is 16.1. The van der Waals surface area contributed by atoms with E-state index in [-0.39, 0.29) is 11.6 Å². The Kier molecular flexibility index (Phi) is 5.17. The summed E-state index contributed by atoms with van der Waals surface area (Å²) in [5.74, 6) is 0. The molecule has 0 N–H and O–H groups in total. The van der Waals surface area contributed by atoms with Crippen molar-refractivity contribution in [3.8, 4) is 22.3 Å². The molecule has 1 atom stereocenters. The van der Waals surface area contributed by atoms with Crippen molar-refractivity contribution in [3.63, 3.8) is 0 Å². The normalized spacial score (nSPS) is 12.2. The molecule has 5 aromatic rings. The van der Waals surface area contributed by atoms with Gasteiger partial charge < -0.3 is 9.13 Å². The molecule has 1 aromatic carbocycles. The summed E-state index contributed by atoms with van der Waals surface area (Å²) in [5.41, 5.74) is 9.11. The molecule has 0 bridgehead atoms. The van der Waals surface area contributed by atoms with Crippen LogP contribution < -0.4 is 5.56 Å². The zero-order valence-corrected chi connectivity index (χ0v) is 19.3. The topological polar surface area (TPSA) is 52.7 Å². The third-order valence-corrected chi connectivity index (χ3v) is 6.26. The summed E-state index contributed by atoms with van der Waals surface area (Å²) >= 11 is 0. The molecule has 0 fully saturated rings. The largest absolute Gasteiger partial charge is 0.337 e. The third-order valence-electron chi connectivity index (χ3n) is 6.26. The molecular formula is C28H26N4O. The van der Waals surface area contributed by atoms with Gasteiger partial charge in [0.15, 0.2) is 0 Å². The maximum absolute atomic E-state index is 12.2. The lowest BCUT2D eigenvalue weighted by molar-refractivity contribution is 0.644. The Morgan fingerprint density at radius 2 is 1.67 bits per heavy atom. The molecule has 0 radical (unpaired) electrons. The lowest BCUT2D eigenvalue weighted by atomic mass is 10.0. The molecule has 33 heavy (non-hydrogen) atoms. The first-order chi connectivity index (χ1) is 15.9. The van der Waals surface area contributed by atoms with Crippen molar-refractivity contribution in [2.45, 2.75) is 26.8 Å². The van der Waals surface area contributed by atoms with E-state index in [0.717, 1.165) is 39.0 Å². The zero-order chi connectivity index (χ0) is 23.1. The monoisotopic (exact) mass is 434 g/mol. The molecule has 4 heterocycles. The zero-order valence-electron chi connectivity index (χ0n) is 19.3. The fraction of sp³-hybridized carbons (Fsp3) is 0.179. The number of pyridine rings is 3. The van der Waals surface area contributed by atoms with E-state index < -0.39 is 0 Å². The van der Waals surface area contributed by atoms with Crippen molar-refractivity contribution in [2.24, 2.45) is 7.05 Å². The number of nitrogens with zero attached hydrogens (tertiary/aromatic N) is 4. The molecule has 4 aromatic heterocycles. The van der Waals surface area contributed by atoms with Crippen molar-refractivity contribution < 1.29 is 0 Å². The molecule has 164 valence electrons. The van der Waals surface area contributed by atoms with Gasteiger partial charge in [-0.25, -0.2) is 0 Å². The molecule has 1 unspecified atom stereocenters. The first kappa shape index (κ1) is 20.9. The van der Waals surface area contributed by atoms with E-state index >= 15 is 0 Å². The number of hydrogen-bond acceptors (Lipinski definition) is 3. The van der Waals surface area contributed by atoms with E-state index in [0.29, 0.717) is 5.56 Å². The summed E-state index contributed by atoms with van der Waals surface area (Å²) in [6.45, 7) is 6.10. The maximum Gasteiger partial charge on any atom is 0.253 e. The minimum atomic E-state index is 0.0154. The summed E-state index contributed by atoms with van der Waals surface area (Å²) in [4.78, 5) is 21.7. The van der Waals surface area contributed by atoms with Crippen LogP contribution in [-0.2, 0) is 7.05 Å². The molecule has 0 spiro atoms. The van der Waals surface area contributed by atoms with Crippen LogP contribution in [0.5, 0.6) is 0 Å². The average molecular weight is 435 g/mol. The third kappa shape index (κ3) is 3.76. The predicted octanol–water partition coefficient (Wildman–Crippen LogP) is 5.69. The van der Waals surface area contributed by atoms with Crippen LogP contribution in [0, 0.1) is 13.8 Å². The molecule has 0 aliphatic rings. The van der Waals surface area contributed by atoms with Gasteiger partial charge in [0.1, 0.15) is 0 Å². The summed E-state index contributed by atoms with van der Waals surface area (Å²) in [6, 6.07) is 18.7. The van der Waals surface area contributed by atoms with Crippen molar-refractivity contribution in [1.29, 1.82) is 0 Å². The molecule has 5 nitrogen and oxygen atoms in total. The Balaban J connectivity index is 1.74. The van der Waals surface area contributed by atoms with Gasteiger partial charge in [-0.05, 0) is 50.6 Å². The lowest BCUT2D eigenvalue weighted by Gasteiger charge is -2.15. The standard InChI is InChI=1S/C28H26N4O/c1-18-8-10-21(11-9-18)24-17-32(20(3)25-7-5-6-12-29-25)26-14-22(15-30-27(24)26)23-13-19(2)28(33)31(4)16-23/h5-17,20H,1-4H3.